The first-order valence-corrected chi connectivity index (χ1v) is 3.72. The fourth-order valence-electron chi connectivity index (χ4n) is 1.10. The van der Waals surface area contributed by atoms with Crippen LogP contribution in [0.15, 0.2) is 30.3 Å². The summed E-state index contributed by atoms with van der Waals surface area (Å²) < 4.78 is 4.97. The molecule has 1 fully saturated rings. The third-order valence-electron chi connectivity index (χ3n) is 1.85. The highest BCUT2D eigenvalue weighted by Crippen LogP contribution is 2.26. The average Bonchev–Trinajstić information content (AvgIpc) is 2.87. The molecule has 1 aliphatic rings. The zero-order chi connectivity index (χ0) is 7.68. The van der Waals surface area contributed by atoms with Crippen LogP contribution in [0.5, 0.6) is 0 Å². The van der Waals surface area contributed by atoms with Gasteiger partial charge in [0.05, 0.1) is 6.61 Å². The molecular formula is C9H10O2. The molecule has 0 spiro atoms. The smallest absolute Gasteiger partial charge is 0.111 e. The van der Waals surface area contributed by atoms with E-state index in [1.54, 1.807) is 0 Å². The van der Waals surface area contributed by atoms with Crippen molar-refractivity contribution >= 4 is 0 Å². The Hall–Kier alpha value is -0.860. The fourth-order valence-corrected chi connectivity index (χ4v) is 1.10. The molecule has 0 aromatic heterocycles. The molecule has 2 atom stereocenters. The first-order valence-electron chi connectivity index (χ1n) is 3.72. The lowest BCUT2D eigenvalue weighted by Gasteiger charge is -2.05. The van der Waals surface area contributed by atoms with Gasteiger partial charge in [-0.3, -0.25) is 0 Å². The summed E-state index contributed by atoms with van der Waals surface area (Å²) in [5.74, 6) is 0. The standard InChI is InChI=1S/C9H10O2/c10-9(8-6-11-8)7-4-2-1-3-5-7/h1-5,8-10H,6H2/t8?,9-/m1/s1. The summed E-state index contributed by atoms with van der Waals surface area (Å²) in [6, 6.07) is 9.59. The van der Waals surface area contributed by atoms with E-state index < -0.39 is 6.10 Å². The van der Waals surface area contributed by atoms with E-state index in [-0.39, 0.29) is 6.10 Å². The molecule has 11 heavy (non-hydrogen) atoms. The highest BCUT2D eigenvalue weighted by atomic mass is 16.6. The zero-order valence-corrected chi connectivity index (χ0v) is 6.10. The number of aliphatic hydroxyl groups excluding tert-OH is 1. The molecular weight excluding hydrogens is 140 g/mol. The van der Waals surface area contributed by atoms with Crippen LogP contribution in [-0.2, 0) is 4.74 Å². The Bertz CT molecular complexity index is 229. The topological polar surface area (TPSA) is 32.8 Å². The van der Waals surface area contributed by atoms with Gasteiger partial charge in [0, 0.05) is 0 Å². The Balaban J connectivity index is 2.15. The number of ether oxygens (including phenoxy) is 1. The van der Waals surface area contributed by atoms with E-state index in [1.165, 1.54) is 0 Å². The maximum Gasteiger partial charge on any atom is 0.111 e. The van der Waals surface area contributed by atoms with Gasteiger partial charge in [-0.1, -0.05) is 30.3 Å². The van der Waals surface area contributed by atoms with E-state index in [1.807, 2.05) is 30.3 Å². The van der Waals surface area contributed by atoms with E-state index in [9.17, 15) is 5.11 Å². The Kier molecular flexibility index (Phi) is 1.64. The first kappa shape index (κ1) is 6.83. The van der Waals surface area contributed by atoms with Crippen molar-refractivity contribution in [1.82, 2.24) is 0 Å². The van der Waals surface area contributed by atoms with Gasteiger partial charge in [0.1, 0.15) is 12.2 Å². The molecule has 1 aromatic rings. The number of epoxide rings is 1. The summed E-state index contributed by atoms with van der Waals surface area (Å²) in [4.78, 5) is 0. The average molecular weight is 150 g/mol. The van der Waals surface area contributed by atoms with Crippen molar-refractivity contribution in [3.8, 4) is 0 Å². The predicted octanol–water partition coefficient (Wildman–Crippen LogP) is 1.12. The summed E-state index contributed by atoms with van der Waals surface area (Å²) in [6.07, 6.45) is -0.395. The molecule has 2 rings (SSSR count). The molecule has 1 unspecified atom stereocenters. The number of rotatable bonds is 2. The van der Waals surface area contributed by atoms with E-state index in [2.05, 4.69) is 0 Å². The van der Waals surface area contributed by atoms with Gasteiger partial charge in [0.2, 0.25) is 0 Å². The van der Waals surface area contributed by atoms with Gasteiger partial charge >= 0.3 is 0 Å². The second kappa shape index (κ2) is 2.64. The quantitative estimate of drug-likeness (QED) is 0.641. The van der Waals surface area contributed by atoms with Crippen LogP contribution in [0, 0.1) is 0 Å². The highest BCUT2D eigenvalue weighted by molar-refractivity contribution is 5.19. The maximum absolute atomic E-state index is 9.54. The third kappa shape index (κ3) is 1.42. The monoisotopic (exact) mass is 150 g/mol. The minimum absolute atomic E-state index is 0.0393. The van der Waals surface area contributed by atoms with E-state index in [0.29, 0.717) is 6.61 Å². The van der Waals surface area contributed by atoms with Crippen LogP contribution in [0.4, 0.5) is 0 Å². The van der Waals surface area contributed by atoms with Crippen LogP contribution in [-0.4, -0.2) is 17.8 Å². The van der Waals surface area contributed by atoms with Gasteiger partial charge in [-0.25, -0.2) is 0 Å². The molecule has 1 aromatic carbocycles. The lowest BCUT2D eigenvalue weighted by molar-refractivity contribution is 0.137. The lowest BCUT2D eigenvalue weighted by Crippen LogP contribution is -2.03. The fraction of sp³-hybridized carbons (Fsp3) is 0.333. The van der Waals surface area contributed by atoms with Crippen LogP contribution >= 0.6 is 0 Å². The molecule has 2 nitrogen and oxygen atoms in total. The number of hydrogen-bond donors (Lipinski definition) is 1. The largest absolute Gasteiger partial charge is 0.386 e. The number of benzene rings is 1. The molecule has 1 N–H and O–H groups in total. The van der Waals surface area contributed by atoms with Crippen molar-refractivity contribution in [1.29, 1.82) is 0 Å². The molecule has 2 heteroatoms. The van der Waals surface area contributed by atoms with Crippen molar-refractivity contribution in [2.45, 2.75) is 12.2 Å². The first-order chi connectivity index (χ1) is 5.38. The molecule has 0 radical (unpaired) electrons. The maximum atomic E-state index is 9.54. The molecule has 0 saturated carbocycles. The van der Waals surface area contributed by atoms with Gasteiger partial charge in [-0.05, 0) is 5.56 Å². The summed E-state index contributed by atoms with van der Waals surface area (Å²) in [5.41, 5.74) is 0.940. The van der Waals surface area contributed by atoms with E-state index in [0.717, 1.165) is 5.56 Å². The van der Waals surface area contributed by atoms with Gasteiger partial charge in [-0.15, -0.1) is 0 Å². The molecule has 1 aliphatic heterocycles. The Morgan fingerprint density at radius 1 is 1.36 bits per heavy atom. The van der Waals surface area contributed by atoms with Crippen molar-refractivity contribution < 1.29 is 9.84 Å². The Labute approximate surface area is 65.4 Å². The minimum Gasteiger partial charge on any atom is -0.386 e. The Morgan fingerprint density at radius 3 is 2.55 bits per heavy atom. The van der Waals surface area contributed by atoms with Crippen LogP contribution in [0.2, 0.25) is 0 Å². The summed E-state index contributed by atoms with van der Waals surface area (Å²) in [7, 11) is 0. The number of aliphatic hydroxyl groups is 1. The minimum atomic E-state index is -0.434. The van der Waals surface area contributed by atoms with Crippen LogP contribution in [0.25, 0.3) is 0 Å². The molecule has 0 amide bonds. The van der Waals surface area contributed by atoms with Gasteiger partial charge in [0.25, 0.3) is 0 Å². The lowest BCUT2D eigenvalue weighted by atomic mass is 10.1. The highest BCUT2D eigenvalue weighted by Gasteiger charge is 2.31. The SMILES string of the molecule is O[C@H](c1ccccc1)C1CO1. The summed E-state index contributed by atoms with van der Waals surface area (Å²) in [5, 5.41) is 9.54. The molecule has 0 bridgehead atoms. The predicted molar refractivity (Wildman–Crippen MR) is 41.1 cm³/mol. The van der Waals surface area contributed by atoms with Gasteiger partial charge < -0.3 is 9.84 Å². The summed E-state index contributed by atoms with van der Waals surface area (Å²) >= 11 is 0. The van der Waals surface area contributed by atoms with Crippen molar-refractivity contribution in [3.63, 3.8) is 0 Å². The molecule has 1 heterocycles. The zero-order valence-electron chi connectivity index (χ0n) is 6.10. The summed E-state index contributed by atoms with van der Waals surface area (Å²) in [6.45, 7) is 0.691. The second-order valence-electron chi connectivity index (χ2n) is 2.73. The molecule has 1 saturated heterocycles. The van der Waals surface area contributed by atoms with Crippen molar-refractivity contribution in [2.24, 2.45) is 0 Å². The van der Waals surface area contributed by atoms with Gasteiger partial charge in [0.15, 0.2) is 0 Å². The van der Waals surface area contributed by atoms with Crippen LogP contribution in [0.3, 0.4) is 0 Å². The number of hydrogen-bond acceptors (Lipinski definition) is 2. The second-order valence-corrected chi connectivity index (χ2v) is 2.73. The molecule has 58 valence electrons. The third-order valence-corrected chi connectivity index (χ3v) is 1.85. The van der Waals surface area contributed by atoms with E-state index >= 15 is 0 Å². The van der Waals surface area contributed by atoms with Crippen LogP contribution in [0.1, 0.15) is 11.7 Å². The molecule has 0 aliphatic carbocycles. The van der Waals surface area contributed by atoms with Crippen molar-refractivity contribution in [3.05, 3.63) is 35.9 Å². The normalized spacial score (nSPS) is 24.6. The van der Waals surface area contributed by atoms with Gasteiger partial charge in [-0.2, -0.15) is 0 Å². The Morgan fingerprint density at radius 2 is 2.00 bits per heavy atom. The van der Waals surface area contributed by atoms with Crippen LogP contribution < -0.4 is 0 Å². The van der Waals surface area contributed by atoms with Crippen molar-refractivity contribution in [2.75, 3.05) is 6.61 Å². The van der Waals surface area contributed by atoms with E-state index in [4.69, 9.17) is 4.74 Å².